The highest BCUT2D eigenvalue weighted by Gasteiger charge is 2.51. The number of Topliss-reactive ketones (excluding diaryl/α,β-unsaturated/α-hetero) is 1. The topological polar surface area (TPSA) is 49.4 Å². The van der Waals surface area contributed by atoms with Gasteiger partial charge in [0.05, 0.1) is 6.54 Å². The first kappa shape index (κ1) is 18.7. The molecule has 0 aromatic heterocycles. The molecule has 0 aliphatic carbocycles. The largest absolute Gasteiger partial charge is 0.350 e. The van der Waals surface area contributed by atoms with Crippen LogP contribution in [0.3, 0.4) is 0 Å². The Morgan fingerprint density at radius 3 is 2.07 bits per heavy atom. The first-order chi connectivity index (χ1) is 14.0. The van der Waals surface area contributed by atoms with Crippen LogP contribution in [0.4, 0.5) is 0 Å². The molecule has 4 nitrogen and oxygen atoms in total. The van der Waals surface area contributed by atoms with Crippen molar-refractivity contribution in [3.05, 3.63) is 120 Å². The van der Waals surface area contributed by atoms with Gasteiger partial charge in [-0.25, -0.2) is 0 Å². The molecule has 0 unspecified atom stereocenters. The van der Waals surface area contributed by atoms with Crippen molar-refractivity contribution in [2.75, 3.05) is 0 Å². The molecular formula is C25H22N2O2. The molecule has 3 aromatic rings. The van der Waals surface area contributed by atoms with E-state index < -0.39 is 5.54 Å². The summed E-state index contributed by atoms with van der Waals surface area (Å²) in [6, 6.07) is 26.7. The Morgan fingerprint density at radius 2 is 1.52 bits per heavy atom. The summed E-state index contributed by atoms with van der Waals surface area (Å²) < 4.78 is 0. The summed E-state index contributed by atoms with van der Waals surface area (Å²) in [7, 11) is 0. The Labute approximate surface area is 170 Å². The number of carbonyl (C=O) groups excluding carboxylic acids is 2. The average molecular weight is 382 g/mol. The van der Waals surface area contributed by atoms with E-state index in [2.05, 4.69) is 11.9 Å². The van der Waals surface area contributed by atoms with Crippen molar-refractivity contribution in [2.45, 2.75) is 19.0 Å². The molecule has 1 N–H and O–H groups in total. The van der Waals surface area contributed by atoms with Gasteiger partial charge in [0, 0.05) is 5.56 Å². The van der Waals surface area contributed by atoms with Crippen LogP contribution >= 0.6 is 0 Å². The maximum absolute atomic E-state index is 13.8. The maximum Gasteiger partial charge on any atom is 0.263 e. The Morgan fingerprint density at radius 1 is 0.931 bits per heavy atom. The highest BCUT2D eigenvalue weighted by atomic mass is 16.2. The van der Waals surface area contributed by atoms with Crippen molar-refractivity contribution in [2.24, 2.45) is 0 Å². The number of rotatable bonds is 5. The van der Waals surface area contributed by atoms with Crippen LogP contribution in [0, 0.1) is 0 Å². The number of carbonyl (C=O) groups is 2. The number of nitrogens with zero attached hydrogens (tertiary/aromatic N) is 1. The van der Waals surface area contributed by atoms with E-state index in [4.69, 9.17) is 0 Å². The lowest BCUT2D eigenvalue weighted by Crippen LogP contribution is -2.44. The number of ketones is 1. The van der Waals surface area contributed by atoms with Gasteiger partial charge in [0.25, 0.3) is 5.91 Å². The fourth-order valence-corrected chi connectivity index (χ4v) is 3.84. The highest BCUT2D eigenvalue weighted by Crippen LogP contribution is 2.38. The molecule has 0 spiro atoms. The van der Waals surface area contributed by atoms with Crippen molar-refractivity contribution >= 4 is 11.7 Å². The SMILES string of the molecule is C=C1NC(c2ccccc2)(c2ccccc2)C(=O)N1Cc1cccc(C(C)=O)c1. The summed E-state index contributed by atoms with van der Waals surface area (Å²) in [6.07, 6.45) is 0. The van der Waals surface area contributed by atoms with E-state index in [1.807, 2.05) is 78.9 Å². The number of hydrogen-bond acceptors (Lipinski definition) is 3. The van der Waals surface area contributed by atoms with Crippen LogP contribution in [0.5, 0.6) is 0 Å². The fraction of sp³-hybridized carbons (Fsp3) is 0.120. The lowest BCUT2D eigenvalue weighted by atomic mass is 9.82. The Bertz CT molecular complexity index is 1030. The zero-order valence-corrected chi connectivity index (χ0v) is 16.3. The first-order valence-electron chi connectivity index (χ1n) is 9.52. The molecule has 1 aliphatic rings. The van der Waals surface area contributed by atoms with E-state index in [0.29, 0.717) is 17.9 Å². The van der Waals surface area contributed by atoms with E-state index >= 15 is 0 Å². The van der Waals surface area contributed by atoms with Gasteiger partial charge in [0.15, 0.2) is 11.3 Å². The molecule has 4 heteroatoms. The minimum Gasteiger partial charge on any atom is -0.350 e. The van der Waals surface area contributed by atoms with Gasteiger partial charge in [0.1, 0.15) is 5.82 Å². The molecule has 1 amide bonds. The molecule has 0 bridgehead atoms. The zero-order chi connectivity index (χ0) is 20.4. The molecule has 1 saturated heterocycles. The number of benzene rings is 3. The monoisotopic (exact) mass is 382 g/mol. The van der Waals surface area contributed by atoms with Crippen molar-refractivity contribution in [1.29, 1.82) is 0 Å². The molecule has 3 aromatic carbocycles. The number of amides is 1. The van der Waals surface area contributed by atoms with Crippen LogP contribution in [-0.4, -0.2) is 16.6 Å². The first-order valence-corrected chi connectivity index (χ1v) is 9.52. The summed E-state index contributed by atoms with van der Waals surface area (Å²) in [5, 5.41) is 3.37. The molecule has 144 valence electrons. The van der Waals surface area contributed by atoms with Gasteiger partial charge < -0.3 is 5.32 Å². The van der Waals surface area contributed by atoms with Crippen LogP contribution in [-0.2, 0) is 16.9 Å². The minimum atomic E-state index is -1.03. The maximum atomic E-state index is 13.8. The summed E-state index contributed by atoms with van der Waals surface area (Å²) in [5.41, 5.74) is 2.20. The summed E-state index contributed by atoms with van der Waals surface area (Å²) in [5.74, 6) is 0.448. The zero-order valence-electron chi connectivity index (χ0n) is 16.3. The Balaban J connectivity index is 1.76. The van der Waals surface area contributed by atoms with E-state index in [1.54, 1.807) is 11.0 Å². The second-order valence-electron chi connectivity index (χ2n) is 7.20. The molecular weight excluding hydrogens is 360 g/mol. The highest BCUT2D eigenvalue weighted by molar-refractivity contribution is 5.96. The summed E-state index contributed by atoms with van der Waals surface area (Å²) >= 11 is 0. The standard InChI is InChI=1S/C25H22N2O2/c1-18(28)21-11-9-10-20(16-21)17-27-19(2)26-25(24(27)29,22-12-5-3-6-13-22)23-14-7-4-8-15-23/h3-16,26H,2,17H2,1H3. The lowest BCUT2D eigenvalue weighted by molar-refractivity contribution is -0.131. The van der Waals surface area contributed by atoms with Gasteiger partial charge in [-0.15, -0.1) is 0 Å². The number of nitrogens with one attached hydrogen (secondary N) is 1. The van der Waals surface area contributed by atoms with Gasteiger partial charge in [-0.05, 0) is 29.7 Å². The second kappa shape index (κ2) is 7.40. The van der Waals surface area contributed by atoms with E-state index in [0.717, 1.165) is 16.7 Å². The van der Waals surface area contributed by atoms with Crippen molar-refractivity contribution in [1.82, 2.24) is 10.2 Å². The normalized spacial score (nSPS) is 15.3. The predicted molar refractivity (Wildman–Crippen MR) is 113 cm³/mol. The average Bonchev–Trinajstić information content (AvgIpc) is 3.01. The summed E-state index contributed by atoms with van der Waals surface area (Å²) in [6.45, 7) is 5.99. The quantitative estimate of drug-likeness (QED) is 0.672. The van der Waals surface area contributed by atoms with E-state index in [1.165, 1.54) is 6.92 Å². The van der Waals surface area contributed by atoms with E-state index in [9.17, 15) is 9.59 Å². The number of hydrogen-bond donors (Lipinski definition) is 1. The van der Waals surface area contributed by atoms with E-state index in [-0.39, 0.29) is 11.7 Å². The van der Waals surface area contributed by atoms with Crippen molar-refractivity contribution in [3.63, 3.8) is 0 Å². The van der Waals surface area contributed by atoms with Gasteiger partial charge in [-0.2, -0.15) is 0 Å². The third-order valence-corrected chi connectivity index (χ3v) is 5.31. The predicted octanol–water partition coefficient (Wildman–Crippen LogP) is 4.24. The Hall–Kier alpha value is -3.66. The molecule has 4 rings (SSSR count). The summed E-state index contributed by atoms with van der Waals surface area (Å²) in [4.78, 5) is 27.2. The Kier molecular flexibility index (Phi) is 4.77. The molecule has 1 heterocycles. The van der Waals surface area contributed by atoms with Crippen LogP contribution < -0.4 is 5.32 Å². The van der Waals surface area contributed by atoms with Gasteiger partial charge in [-0.3, -0.25) is 14.5 Å². The third-order valence-electron chi connectivity index (χ3n) is 5.31. The van der Waals surface area contributed by atoms with Crippen LogP contribution in [0.1, 0.15) is 34.0 Å². The fourth-order valence-electron chi connectivity index (χ4n) is 3.84. The van der Waals surface area contributed by atoms with Gasteiger partial charge >= 0.3 is 0 Å². The van der Waals surface area contributed by atoms with Crippen LogP contribution in [0.25, 0.3) is 0 Å². The molecule has 0 radical (unpaired) electrons. The lowest BCUT2D eigenvalue weighted by Gasteiger charge is -2.28. The minimum absolute atomic E-state index is 0.000493. The second-order valence-corrected chi connectivity index (χ2v) is 7.20. The molecule has 1 fully saturated rings. The van der Waals surface area contributed by atoms with Crippen molar-refractivity contribution < 1.29 is 9.59 Å². The van der Waals surface area contributed by atoms with Gasteiger partial charge in [0.2, 0.25) is 0 Å². The molecule has 0 atom stereocenters. The van der Waals surface area contributed by atoms with Crippen molar-refractivity contribution in [3.8, 4) is 0 Å². The molecule has 0 saturated carbocycles. The van der Waals surface area contributed by atoms with Crippen LogP contribution in [0.15, 0.2) is 97.3 Å². The smallest absolute Gasteiger partial charge is 0.263 e. The molecule has 1 aliphatic heterocycles. The van der Waals surface area contributed by atoms with Crippen LogP contribution in [0.2, 0.25) is 0 Å². The third kappa shape index (κ3) is 3.23. The molecule has 29 heavy (non-hydrogen) atoms. The van der Waals surface area contributed by atoms with Gasteiger partial charge in [-0.1, -0.05) is 85.4 Å².